The summed E-state index contributed by atoms with van der Waals surface area (Å²) in [5.74, 6) is -1.15. The van der Waals surface area contributed by atoms with Crippen LogP contribution in [0.4, 0.5) is 4.79 Å². The first-order chi connectivity index (χ1) is 11.0. The molecule has 23 heavy (non-hydrogen) atoms. The van der Waals surface area contributed by atoms with E-state index in [9.17, 15) is 14.7 Å². The summed E-state index contributed by atoms with van der Waals surface area (Å²) in [4.78, 5) is 25.9. The number of aliphatic carboxylic acids is 1. The molecule has 128 valence electrons. The summed E-state index contributed by atoms with van der Waals surface area (Å²) in [5.41, 5.74) is -0.716. The van der Waals surface area contributed by atoms with Gasteiger partial charge in [-0.1, -0.05) is 6.42 Å². The summed E-state index contributed by atoms with van der Waals surface area (Å²) < 4.78 is 11.4. The molecule has 2 saturated heterocycles. The number of likely N-dealkylation sites (tertiary alicyclic amines) is 1. The molecule has 0 aromatic carbocycles. The predicted molar refractivity (Wildman–Crippen MR) is 79.8 cm³/mol. The lowest BCUT2D eigenvalue weighted by Gasteiger charge is -2.25. The first kappa shape index (κ1) is 15.2. The van der Waals surface area contributed by atoms with E-state index in [0.29, 0.717) is 39.1 Å². The molecule has 4 fully saturated rings. The molecule has 0 radical (unpaired) electrons. The molecule has 2 N–H and O–H groups in total. The monoisotopic (exact) mass is 324 g/mol. The molecule has 7 nitrogen and oxygen atoms in total. The van der Waals surface area contributed by atoms with E-state index in [0.717, 1.165) is 25.7 Å². The van der Waals surface area contributed by atoms with Crippen LogP contribution in [0.2, 0.25) is 0 Å². The Balaban J connectivity index is 1.37. The predicted octanol–water partition coefficient (Wildman–Crippen LogP) is 1.18. The molecule has 4 rings (SSSR count). The second-order valence-electron chi connectivity index (χ2n) is 7.43. The zero-order valence-electron chi connectivity index (χ0n) is 13.3. The Kier molecular flexibility index (Phi) is 3.53. The van der Waals surface area contributed by atoms with Crippen LogP contribution >= 0.6 is 0 Å². The van der Waals surface area contributed by atoms with Crippen LogP contribution in [0.15, 0.2) is 0 Å². The fourth-order valence-corrected chi connectivity index (χ4v) is 4.92. The molecular formula is C16H24N2O5. The van der Waals surface area contributed by atoms with Gasteiger partial charge >= 0.3 is 12.0 Å². The summed E-state index contributed by atoms with van der Waals surface area (Å²) in [6.07, 6.45) is 4.87. The topological polar surface area (TPSA) is 88.1 Å². The minimum absolute atomic E-state index is 0.0434. The average Bonchev–Trinajstić information content (AvgIpc) is 3.24. The average molecular weight is 324 g/mol. The molecular weight excluding hydrogens is 300 g/mol. The van der Waals surface area contributed by atoms with Crippen molar-refractivity contribution >= 4 is 12.0 Å². The zero-order valence-corrected chi connectivity index (χ0v) is 13.3. The number of ether oxygens (including phenoxy) is 2. The number of carboxylic acid groups (broad SMARTS) is 1. The summed E-state index contributed by atoms with van der Waals surface area (Å²) in [7, 11) is 0. The van der Waals surface area contributed by atoms with E-state index in [1.807, 2.05) is 0 Å². The third-order valence-corrected chi connectivity index (χ3v) is 6.16. The Morgan fingerprint density at radius 1 is 1.17 bits per heavy atom. The van der Waals surface area contributed by atoms with Crippen LogP contribution in [0.25, 0.3) is 0 Å². The van der Waals surface area contributed by atoms with Gasteiger partial charge in [0, 0.05) is 32.0 Å². The molecule has 1 spiro atoms. The van der Waals surface area contributed by atoms with Crippen LogP contribution in [0.3, 0.4) is 0 Å². The van der Waals surface area contributed by atoms with Crippen LogP contribution in [0.5, 0.6) is 0 Å². The highest BCUT2D eigenvalue weighted by Crippen LogP contribution is 2.49. The third-order valence-electron chi connectivity index (χ3n) is 6.16. The summed E-state index contributed by atoms with van der Waals surface area (Å²) >= 11 is 0. The fourth-order valence-electron chi connectivity index (χ4n) is 4.92. The van der Waals surface area contributed by atoms with Crippen LogP contribution in [0, 0.1) is 11.3 Å². The smallest absolute Gasteiger partial charge is 0.317 e. The first-order valence-corrected chi connectivity index (χ1v) is 8.60. The van der Waals surface area contributed by atoms with Gasteiger partial charge in [0.05, 0.1) is 18.6 Å². The van der Waals surface area contributed by atoms with Crippen LogP contribution in [-0.2, 0) is 14.3 Å². The van der Waals surface area contributed by atoms with E-state index in [4.69, 9.17) is 9.47 Å². The van der Waals surface area contributed by atoms with Gasteiger partial charge in [0.1, 0.15) is 0 Å². The largest absolute Gasteiger partial charge is 0.481 e. The number of nitrogens with zero attached hydrogens (tertiary/aromatic N) is 1. The standard InChI is InChI=1S/C16H24N2O5/c19-13(20)15-4-1-2-11(15)9-18(10-15)14(21)17-12-3-5-16(8-12)22-6-7-23-16/h11-12H,1-10H2,(H,17,21)(H,19,20)/t11-,12?,15+/m0/s1. The Labute approximate surface area is 135 Å². The van der Waals surface area contributed by atoms with Gasteiger partial charge in [0.25, 0.3) is 0 Å². The molecule has 7 heteroatoms. The maximum atomic E-state index is 12.5. The molecule has 4 aliphatic rings. The summed E-state index contributed by atoms with van der Waals surface area (Å²) in [6.45, 7) is 2.14. The van der Waals surface area contributed by atoms with Crippen molar-refractivity contribution in [2.24, 2.45) is 11.3 Å². The highest BCUT2D eigenvalue weighted by atomic mass is 16.7. The Morgan fingerprint density at radius 3 is 2.65 bits per heavy atom. The second-order valence-corrected chi connectivity index (χ2v) is 7.43. The third kappa shape index (κ3) is 2.41. The number of amides is 2. The summed E-state index contributed by atoms with van der Waals surface area (Å²) in [6, 6.07) is -0.0955. The van der Waals surface area contributed by atoms with Gasteiger partial charge in [0.2, 0.25) is 0 Å². The fraction of sp³-hybridized carbons (Fsp3) is 0.875. The van der Waals surface area contributed by atoms with Crippen molar-refractivity contribution in [1.29, 1.82) is 0 Å². The van der Waals surface area contributed by atoms with Gasteiger partial charge in [-0.3, -0.25) is 4.79 Å². The number of carbonyl (C=O) groups is 2. The van der Waals surface area contributed by atoms with Gasteiger partial charge in [-0.25, -0.2) is 4.79 Å². The lowest BCUT2D eigenvalue weighted by atomic mass is 9.81. The maximum Gasteiger partial charge on any atom is 0.317 e. The molecule has 1 unspecified atom stereocenters. The van der Waals surface area contributed by atoms with E-state index in [1.54, 1.807) is 4.90 Å². The number of hydrogen-bond donors (Lipinski definition) is 2. The molecule has 2 aliphatic carbocycles. The number of rotatable bonds is 2. The number of nitrogens with one attached hydrogen (secondary N) is 1. The van der Waals surface area contributed by atoms with Crippen molar-refractivity contribution in [2.75, 3.05) is 26.3 Å². The van der Waals surface area contributed by atoms with Crippen molar-refractivity contribution in [3.05, 3.63) is 0 Å². The molecule has 0 aromatic heterocycles. The number of hydrogen-bond acceptors (Lipinski definition) is 4. The van der Waals surface area contributed by atoms with E-state index >= 15 is 0 Å². The van der Waals surface area contributed by atoms with Crippen molar-refractivity contribution in [1.82, 2.24) is 10.2 Å². The Morgan fingerprint density at radius 2 is 1.96 bits per heavy atom. The van der Waals surface area contributed by atoms with Crippen molar-refractivity contribution in [3.63, 3.8) is 0 Å². The molecule has 2 saturated carbocycles. The van der Waals surface area contributed by atoms with Gasteiger partial charge in [-0.15, -0.1) is 0 Å². The van der Waals surface area contributed by atoms with E-state index in [1.165, 1.54) is 0 Å². The molecule has 2 amide bonds. The number of carboxylic acids is 1. The Hall–Kier alpha value is -1.34. The molecule has 0 bridgehead atoms. The molecule has 0 aromatic rings. The number of carbonyl (C=O) groups excluding carboxylic acids is 1. The van der Waals surface area contributed by atoms with Crippen molar-refractivity contribution in [2.45, 2.75) is 50.4 Å². The van der Waals surface area contributed by atoms with Crippen LogP contribution < -0.4 is 5.32 Å². The van der Waals surface area contributed by atoms with Gasteiger partial charge < -0.3 is 24.8 Å². The minimum Gasteiger partial charge on any atom is -0.481 e. The maximum absolute atomic E-state index is 12.5. The summed E-state index contributed by atoms with van der Waals surface area (Å²) in [5, 5.41) is 12.7. The van der Waals surface area contributed by atoms with E-state index in [2.05, 4.69) is 5.32 Å². The Bertz CT molecular complexity index is 519. The first-order valence-electron chi connectivity index (χ1n) is 8.60. The zero-order chi connectivity index (χ0) is 16.1. The lowest BCUT2D eigenvalue weighted by Crippen LogP contribution is -2.45. The van der Waals surface area contributed by atoms with Gasteiger partial charge in [0.15, 0.2) is 5.79 Å². The van der Waals surface area contributed by atoms with Crippen molar-refractivity contribution < 1.29 is 24.2 Å². The minimum atomic E-state index is -0.747. The SMILES string of the molecule is O=C(NC1CCC2(C1)OCCO2)N1C[C@@H]2CCC[C@@]2(C(=O)O)C1. The lowest BCUT2D eigenvalue weighted by molar-refractivity contribution is -0.151. The quantitative estimate of drug-likeness (QED) is 0.796. The number of urea groups is 1. The van der Waals surface area contributed by atoms with E-state index in [-0.39, 0.29) is 18.0 Å². The highest BCUT2D eigenvalue weighted by molar-refractivity contribution is 5.80. The second kappa shape index (κ2) is 5.34. The van der Waals surface area contributed by atoms with Gasteiger partial charge in [-0.2, -0.15) is 0 Å². The molecule has 2 aliphatic heterocycles. The number of fused-ring (bicyclic) bond motifs is 1. The highest BCUT2D eigenvalue weighted by Gasteiger charge is 2.56. The van der Waals surface area contributed by atoms with Crippen LogP contribution in [-0.4, -0.2) is 60.1 Å². The van der Waals surface area contributed by atoms with Gasteiger partial charge in [-0.05, 0) is 25.2 Å². The van der Waals surface area contributed by atoms with Crippen LogP contribution in [0.1, 0.15) is 38.5 Å². The van der Waals surface area contributed by atoms with Crippen molar-refractivity contribution in [3.8, 4) is 0 Å². The molecule has 3 atom stereocenters. The normalized spacial score (nSPS) is 38.2. The molecule has 2 heterocycles. The van der Waals surface area contributed by atoms with E-state index < -0.39 is 17.2 Å².